The largest absolute Gasteiger partial charge is 0.465 e. The minimum absolute atomic E-state index is 0.0264. The zero-order valence-electron chi connectivity index (χ0n) is 38.9. The van der Waals surface area contributed by atoms with Crippen LogP contribution in [0, 0.1) is 17.3 Å². The molecule has 3 aromatic carbocycles. The van der Waals surface area contributed by atoms with Crippen molar-refractivity contribution >= 4 is 39.3 Å². The maximum absolute atomic E-state index is 14.0. The number of sulfone groups is 1. The molecule has 12 nitrogen and oxygen atoms in total. The molecule has 0 amide bonds. The van der Waals surface area contributed by atoms with Gasteiger partial charge in [0.2, 0.25) is 0 Å². The lowest BCUT2D eigenvalue weighted by atomic mass is 9.83. The van der Waals surface area contributed by atoms with E-state index in [2.05, 4.69) is 20.1 Å². The topological polar surface area (TPSA) is 161 Å². The van der Waals surface area contributed by atoms with Gasteiger partial charge in [0.25, 0.3) is 0 Å². The van der Waals surface area contributed by atoms with Crippen LogP contribution >= 0.6 is 11.6 Å². The van der Waals surface area contributed by atoms with E-state index < -0.39 is 69.7 Å². The molecule has 66 heavy (non-hydrogen) atoms. The van der Waals surface area contributed by atoms with Crippen molar-refractivity contribution in [3.8, 4) is 0 Å². The Morgan fingerprint density at radius 1 is 0.879 bits per heavy atom. The highest BCUT2D eigenvalue weighted by atomic mass is 35.5. The minimum Gasteiger partial charge on any atom is -0.465 e. The summed E-state index contributed by atoms with van der Waals surface area (Å²) in [5, 5.41) is 10.9. The monoisotopic (exact) mass is 950 g/mol. The average Bonchev–Trinajstić information content (AvgIpc) is 3.61. The van der Waals surface area contributed by atoms with Gasteiger partial charge in [-0.15, -0.1) is 11.6 Å². The average molecular weight is 952 g/mol. The van der Waals surface area contributed by atoms with Gasteiger partial charge in [0.1, 0.15) is 12.7 Å². The predicted octanol–water partition coefficient (Wildman–Crippen LogP) is 9.14. The Balaban J connectivity index is 1.29. The lowest BCUT2D eigenvalue weighted by Gasteiger charge is -2.38. The van der Waals surface area contributed by atoms with E-state index in [0.717, 1.165) is 5.57 Å². The maximum atomic E-state index is 14.0. The van der Waals surface area contributed by atoms with E-state index in [1.807, 2.05) is 0 Å². The standard InChI is InChI=1S/C52H67ClO12S/c1-34-29-40(25-26-44(54)35(2)28-39(53)22-17-27-61-51(57)52(4,5)6)63-45(36(34)3)31-46-43(33-66(58,59)42-23-15-10-16-24-42)48(60-7)47(65-46)30-41(64-50(56)38-20-13-9-14-21-38)32-62-49(55)37-18-11-8-12-19-37/h8-16,18-21,23-24,34,39-41,43-48,54H,2-3,17,22,25-33H2,1,4-7H3/t34-,39-,40+,41+,43+,44+,45-,46+,47-,48-/m1/s1. The normalized spacial score (nSPS) is 23.6. The van der Waals surface area contributed by atoms with Crippen LogP contribution in [0.5, 0.6) is 0 Å². The van der Waals surface area contributed by atoms with Crippen LogP contribution in [-0.2, 0) is 43.1 Å². The molecule has 0 saturated carbocycles. The summed E-state index contributed by atoms with van der Waals surface area (Å²) in [6.07, 6.45) is -1.32. The van der Waals surface area contributed by atoms with Gasteiger partial charge in [-0.2, -0.15) is 0 Å². The number of halogens is 1. The number of benzene rings is 3. The summed E-state index contributed by atoms with van der Waals surface area (Å²) in [6.45, 7) is 16.0. The van der Waals surface area contributed by atoms with Crippen molar-refractivity contribution in [1.29, 1.82) is 0 Å². The Labute approximate surface area is 395 Å². The third-order valence-electron chi connectivity index (χ3n) is 12.3. The van der Waals surface area contributed by atoms with Crippen LogP contribution in [0.4, 0.5) is 0 Å². The Bertz CT molecular complexity index is 2160. The zero-order valence-corrected chi connectivity index (χ0v) is 40.4. The summed E-state index contributed by atoms with van der Waals surface area (Å²) in [7, 11) is -2.35. The first-order valence-electron chi connectivity index (χ1n) is 22.8. The van der Waals surface area contributed by atoms with Crippen LogP contribution in [0.2, 0.25) is 0 Å². The molecular formula is C52H67ClO12S. The first kappa shape index (κ1) is 52.6. The van der Waals surface area contributed by atoms with Gasteiger partial charge in [0.05, 0.1) is 70.4 Å². The molecule has 2 aliphatic rings. The van der Waals surface area contributed by atoms with Gasteiger partial charge in [0, 0.05) is 31.2 Å². The van der Waals surface area contributed by atoms with Crippen molar-refractivity contribution in [3.63, 3.8) is 0 Å². The molecule has 5 rings (SSSR count). The number of hydrogen-bond acceptors (Lipinski definition) is 12. The molecule has 10 atom stereocenters. The van der Waals surface area contributed by atoms with E-state index >= 15 is 0 Å². The molecule has 2 fully saturated rings. The van der Waals surface area contributed by atoms with Crippen molar-refractivity contribution in [2.24, 2.45) is 17.3 Å². The summed E-state index contributed by atoms with van der Waals surface area (Å²) >= 11 is 6.61. The van der Waals surface area contributed by atoms with Crippen molar-refractivity contribution in [2.75, 3.05) is 26.1 Å². The summed E-state index contributed by atoms with van der Waals surface area (Å²) in [4.78, 5) is 38.7. The summed E-state index contributed by atoms with van der Waals surface area (Å²) < 4.78 is 64.7. The molecule has 0 unspecified atom stereocenters. The molecule has 0 spiro atoms. The molecule has 0 aliphatic carbocycles. The molecule has 360 valence electrons. The number of carbonyl (C=O) groups excluding carboxylic acids is 3. The van der Waals surface area contributed by atoms with Gasteiger partial charge < -0.3 is 33.5 Å². The fourth-order valence-electron chi connectivity index (χ4n) is 8.44. The number of methoxy groups -OCH3 is 1. The highest BCUT2D eigenvalue weighted by Crippen LogP contribution is 2.41. The fraction of sp³-hybridized carbons (Fsp3) is 0.519. The number of aliphatic hydroxyl groups is 1. The molecule has 2 aliphatic heterocycles. The molecule has 1 N–H and O–H groups in total. The smallest absolute Gasteiger partial charge is 0.338 e. The molecule has 0 bridgehead atoms. The molecule has 14 heteroatoms. The van der Waals surface area contributed by atoms with Crippen molar-refractivity contribution in [3.05, 3.63) is 126 Å². The second-order valence-electron chi connectivity index (χ2n) is 18.5. The molecule has 0 aromatic heterocycles. The van der Waals surface area contributed by atoms with Crippen LogP contribution in [0.3, 0.4) is 0 Å². The summed E-state index contributed by atoms with van der Waals surface area (Å²) in [5.41, 5.74) is 1.53. The third-order valence-corrected chi connectivity index (χ3v) is 14.5. The van der Waals surface area contributed by atoms with Gasteiger partial charge in [-0.05, 0) is 113 Å². The summed E-state index contributed by atoms with van der Waals surface area (Å²) in [6, 6.07) is 25.1. The second kappa shape index (κ2) is 24.6. The van der Waals surface area contributed by atoms with E-state index in [-0.39, 0.29) is 60.1 Å². The predicted molar refractivity (Wildman–Crippen MR) is 253 cm³/mol. The highest BCUT2D eigenvalue weighted by Gasteiger charge is 2.49. The number of aliphatic hydroxyl groups excluding tert-OH is 1. The van der Waals surface area contributed by atoms with E-state index in [0.29, 0.717) is 55.2 Å². The quantitative estimate of drug-likeness (QED) is 0.0316. The zero-order chi connectivity index (χ0) is 48.0. The fourth-order valence-corrected chi connectivity index (χ4v) is 10.5. The van der Waals surface area contributed by atoms with E-state index in [4.69, 9.17) is 40.0 Å². The number of rotatable bonds is 23. The van der Waals surface area contributed by atoms with Gasteiger partial charge >= 0.3 is 17.9 Å². The van der Waals surface area contributed by atoms with Crippen LogP contribution in [-0.4, -0.2) is 106 Å². The SMILES string of the molecule is C=C(C[C@H](Cl)CCCOC(=O)C(C)(C)C)[C@@H](O)CC[C@H]1C[C@@H](C)C(=C)[C@@H](C[C@@H]2O[C@H](C[C@@H](COC(=O)c3ccccc3)OC(=O)c3ccccc3)[C@H](OC)[C@H]2CS(=O)(=O)c2ccccc2)O1. The summed E-state index contributed by atoms with van der Waals surface area (Å²) in [5.74, 6) is -2.42. The number of hydrogen-bond donors (Lipinski definition) is 1. The lowest BCUT2D eigenvalue weighted by molar-refractivity contribution is -0.153. The number of alkyl halides is 1. The number of ether oxygens (including phenoxy) is 6. The molecule has 3 aromatic rings. The molecular weight excluding hydrogens is 884 g/mol. The van der Waals surface area contributed by atoms with Gasteiger partial charge in [-0.25, -0.2) is 18.0 Å². The van der Waals surface area contributed by atoms with E-state index in [1.54, 1.807) is 112 Å². The Hall–Kier alpha value is -4.37. The van der Waals surface area contributed by atoms with Crippen LogP contribution in [0.25, 0.3) is 0 Å². The Morgan fingerprint density at radius 3 is 2.09 bits per heavy atom. The van der Waals surface area contributed by atoms with Crippen LogP contribution in [0.1, 0.15) is 99.8 Å². The highest BCUT2D eigenvalue weighted by molar-refractivity contribution is 7.91. The van der Waals surface area contributed by atoms with Gasteiger partial charge in [0.15, 0.2) is 9.84 Å². The third kappa shape index (κ3) is 15.3. The molecule has 0 radical (unpaired) electrons. The first-order chi connectivity index (χ1) is 31.4. The maximum Gasteiger partial charge on any atom is 0.338 e. The van der Waals surface area contributed by atoms with Crippen LogP contribution < -0.4 is 0 Å². The Kier molecular flexibility index (Phi) is 19.6. The van der Waals surface area contributed by atoms with Crippen molar-refractivity contribution in [1.82, 2.24) is 0 Å². The van der Waals surface area contributed by atoms with Gasteiger partial charge in [-0.1, -0.05) is 74.7 Å². The number of esters is 3. The number of carbonyl (C=O) groups is 3. The van der Waals surface area contributed by atoms with Gasteiger partial charge in [-0.3, -0.25) is 4.79 Å². The second-order valence-corrected chi connectivity index (χ2v) is 21.2. The van der Waals surface area contributed by atoms with Crippen LogP contribution in [0.15, 0.2) is 120 Å². The first-order valence-corrected chi connectivity index (χ1v) is 24.9. The van der Waals surface area contributed by atoms with E-state index in [1.165, 1.54) is 7.11 Å². The lowest BCUT2D eigenvalue weighted by Crippen LogP contribution is -2.40. The Morgan fingerprint density at radius 2 is 1.48 bits per heavy atom. The van der Waals surface area contributed by atoms with Crippen molar-refractivity contribution < 1.29 is 56.3 Å². The van der Waals surface area contributed by atoms with Crippen molar-refractivity contribution in [2.45, 2.75) is 132 Å². The minimum atomic E-state index is -3.85. The molecule has 2 saturated heterocycles. The van der Waals surface area contributed by atoms with E-state index in [9.17, 15) is 27.9 Å². The molecule has 2 heterocycles.